The Kier molecular flexibility index (Phi) is 4.33. The first-order valence-corrected chi connectivity index (χ1v) is 8.43. The predicted octanol–water partition coefficient (Wildman–Crippen LogP) is 3.45. The number of amides is 1. The lowest BCUT2D eigenvalue weighted by Crippen LogP contribution is -2.27. The number of hydrogen-bond acceptors (Lipinski definition) is 4. The lowest BCUT2D eigenvalue weighted by Gasteiger charge is -2.13. The molecule has 0 aliphatic carbocycles. The first kappa shape index (κ1) is 16.8. The molecule has 1 atom stereocenters. The largest absolute Gasteiger partial charge is 0.344 e. The molecule has 4 aromatic rings. The number of aromatic nitrogens is 4. The summed E-state index contributed by atoms with van der Waals surface area (Å²) >= 11 is 0. The van der Waals surface area contributed by atoms with Crippen molar-refractivity contribution in [2.45, 2.75) is 13.0 Å². The molecule has 6 nitrogen and oxygen atoms in total. The Hall–Kier alpha value is -3.61. The Labute approximate surface area is 154 Å². The van der Waals surface area contributed by atoms with Crippen LogP contribution in [0.5, 0.6) is 0 Å². The molecule has 134 valence electrons. The van der Waals surface area contributed by atoms with Crippen LogP contribution >= 0.6 is 0 Å². The van der Waals surface area contributed by atoms with Crippen LogP contribution in [0.3, 0.4) is 0 Å². The molecular formula is C20H16FN5O. The van der Waals surface area contributed by atoms with Gasteiger partial charge in [-0.3, -0.25) is 14.8 Å². The van der Waals surface area contributed by atoms with Gasteiger partial charge in [-0.05, 0) is 43.3 Å². The molecule has 1 aromatic carbocycles. The highest BCUT2D eigenvalue weighted by Crippen LogP contribution is 2.21. The Morgan fingerprint density at radius 2 is 1.93 bits per heavy atom. The van der Waals surface area contributed by atoms with Gasteiger partial charge in [0.2, 0.25) is 0 Å². The number of benzene rings is 1. The summed E-state index contributed by atoms with van der Waals surface area (Å²) in [5.41, 5.74) is 2.55. The van der Waals surface area contributed by atoms with Crippen LogP contribution in [0.2, 0.25) is 0 Å². The van der Waals surface area contributed by atoms with Gasteiger partial charge in [-0.1, -0.05) is 6.07 Å². The maximum Gasteiger partial charge on any atom is 0.254 e. The summed E-state index contributed by atoms with van der Waals surface area (Å²) in [6, 6.07) is 11.3. The van der Waals surface area contributed by atoms with Crippen LogP contribution in [0.1, 0.15) is 29.0 Å². The van der Waals surface area contributed by atoms with Gasteiger partial charge in [0.1, 0.15) is 5.82 Å². The number of nitrogens with one attached hydrogen (secondary N) is 1. The molecule has 4 rings (SSSR count). The van der Waals surface area contributed by atoms with Crippen molar-refractivity contribution in [3.05, 3.63) is 84.3 Å². The topological polar surface area (TPSA) is 72.7 Å². The van der Waals surface area contributed by atoms with Crippen molar-refractivity contribution in [3.63, 3.8) is 0 Å². The molecule has 0 saturated carbocycles. The molecule has 1 amide bonds. The molecule has 3 heterocycles. The third-order valence-corrected chi connectivity index (χ3v) is 4.29. The Bertz CT molecular complexity index is 1090. The zero-order chi connectivity index (χ0) is 18.8. The lowest BCUT2D eigenvalue weighted by molar-refractivity contribution is 0.0940. The molecule has 0 radical (unpaired) electrons. The Morgan fingerprint density at radius 3 is 2.67 bits per heavy atom. The first-order chi connectivity index (χ1) is 13.1. The molecule has 0 spiro atoms. The molecule has 0 aliphatic rings. The van der Waals surface area contributed by atoms with Crippen LogP contribution < -0.4 is 5.32 Å². The Balaban J connectivity index is 1.66. The fourth-order valence-electron chi connectivity index (χ4n) is 2.89. The van der Waals surface area contributed by atoms with E-state index in [9.17, 15) is 9.18 Å². The predicted molar refractivity (Wildman–Crippen MR) is 98.9 cm³/mol. The number of fused-ring (bicyclic) bond motifs is 1. The summed E-state index contributed by atoms with van der Waals surface area (Å²) in [7, 11) is 0. The lowest BCUT2D eigenvalue weighted by atomic mass is 10.1. The summed E-state index contributed by atoms with van der Waals surface area (Å²) < 4.78 is 14.8. The van der Waals surface area contributed by atoms with Crippen LogP contribution in [-0.4, -0.2) is 25.7 Å². The zero-order valence-corrected chi connectivity index (χ0v) is 14.5. The third-order valence-electron chi connectivity index (χ3n) is 4.29. The van der Waals surface area contributed by atoms with Gasteiger partial charge < -0.3 is 5.32 Å². The average Bonchev–Trinajstić information content (AvgIpc) is 3.13. The van der Waals surface area contributed by atoms with Gasteiger partial charge in [0.25, 0.3) is 5.91 Å². The number of carbonyl (C=O) groups is 1. The van der Waals surface area contributed by atoms with Crippen LogP contribution in [-0.2, 0) is 0 Å². The minimum absolute atomic E-state index is 0.249. The second kappa shape index (κ2) is 6.95. The van der Waals surface area contributed by atoms with E-state index in [0.29, 0.717) is 22.2 Å². The van der Waals surface area contributed by atoms with Crippen LogP contribution in [0.4, 0.5) is 4.39 Å². The molecule has 7 heteroatoms. The van der Waals surface area contributed by atoms with Gasteiger partial charge >= 0.3 is 0 Å². The summed E-state index contributed by atoms with van der Waals surface area (Å²) in [6.07, 6.45) is 6.44. The second-order valence-electron chi connectivity index (χ2n) is 6.10. The van der Waals surface area contributed by atoms with E-state index >= 15 is 0 Å². The summed E-state index contributed by atoms with van der Waals surface area (Å²) in [6.45, 7) is 1.87. The number of halogens is 1. The molecule has 0 bridgehead atoms. The molecular weight excluding hydrogens is 345 g/mol. The van der Waals surface area contributed by atoms with Gasteiger partial charge in [-0.15, -0.1) is 0 Å². The molecule has 1 N–H and O–H groups in total. The fraction of sp³-hybridized carbons (Fsp3) is 0.100. The van der Waals surface area contributed by atoms with Crippen molar-refractivity contribution in [2.75, 3.05) is 0 Å². The monoisotopic (exact) mass is 361 g/mol. The minimum atomic E-state index is -0.322. The molecule has 1 unspecified atom stereocenters. The summed E-state index contributed by atoms with van der Waals surface area (Å²) in [4.78, 5) is 21.2. The highest BCUT2D eigenvalue weighted by molar-refractivity contribution is 6.06. The van der Waals surface area contributed by atoms with Crippen molar-refractivity contribution in [1.29, 1.82) is 0 Å². The minimum Gasteiger partial charge on any atom is -0.344 e. The first-order valence-electron chi connectivity index (χ1n) is 8.43. The highest BCUT2D eigenvalue weighted by Gasteiger charge is 2.17. The molecule has 0 aliphatic heterocycles. The second-order valence-corrected chi connectivity index (χ2v) is 6.10. The van der Waals surface area contributed by atoms with E-state index in [1.54, 1.807) is 35.4 Å². The third kappa shape index (κ3) is 3.27. The van der Waals surface area contributed by atoms with Gasteiger partial charge in [0, 0.05) is 17.8 Å². The maximum absolute atomic E-state index is 13.2. The van der Waals surface area contributed by atoms with E-state index in [2.05, 4.69) is 20.4 Å². The van der Waals surface area contributed by atoms with E-state index in [0.717, 1.165) is 5.69 Å². The van der Waals surface area contributed by atoms with Crippen molar-refractivity contribution in [2.24, 2.45) is 0 Å². The maximum atomic E-state index is 13.2. The van der Waals surface area contributed by atoms with E-state index in [1.807, 2.05) is 25.1 Å². The summed E-state index contributed by atoms with van der Waals surface area (Å²) in [5.74, 6) is -0.582. The highest BCUT2D eigenvalue weighted by atomic mass is 19.1. The van der Waals surface area contributed by atoms with Crippen LogP contribution in [0.25, 0.3) is 16.6 Å². The average molecular weight is 361 g/mol. The normalized spacial score (nSPS) is 12.1. The molecule has 27 heavy (non-hydrogen) atoms. The van der Waals surface area contributed by atoms with Gasteiger partial charge in [-0.25, -0.2) is 9.07 Å². The van der Waals surface area contributed by atoms with Crippen LogP contribution in [0, 0.1) is 5.82 Å². The van der Waals surface area contributed by atoms with Gasteiger partial charge in [-0.2, -0.15) is 5.10 Å². The van der Waals surface area contributed by atoms with Gasteiger partial charge in [0.05, 0.1) is 40.9 Å². The van der Waals surface area contributed by atoms with Crippen molar-refractivity contribution < 1.29 is 9.18 Å². The van der Waals surface area contributed by atoms with Crippen molar-refractivity contribution >= 4 is 16.8 Å². The zero-order valence-electron chi connectivity index (χ0n) is 14.5. The smallest absolute Gasteiger partial charge is 0.254 e. The molecule has 0 saturated heterocycles. The quantitative estimate of drug-likeness (QED) is 0.604. The van der Waals surface area contributed by atoms with Crippen molar-refractivity contribution in [1.82, 2.24) is 25.1 Å². The van der Waals surface area contributed by atoms with E-state index < -0.39 is 0 Å². The van der Waals surface area contributed by atoms with E-state index in [1.165, 1.54) is 18.3 Å². The number of carbonyl (C=O) groups excluding carboxylic acids is 1. The molecule has 0 fully saturated rings. The molecule has 3 aromatic heterocycles. The van der Waals surface area contributed by atoms with Gasteiger partial charge in [0.15, 0.2) is 0 Å². The fourth-order valence-corrected chi connectivity index (χ4v) is 2.89. The van der Waals surface area contributed by atoms with E-state index in [-0.39, 0.29) is 17.8 Å². The number of rotatable bonds is 4. The van der Waals surface area contributed by atoms with Crippen molar-refractivity contribution in [3.8, 4) is 5.69 Å². The number of hydrogen-bond donors (Lipinski definition) is 1. The van der Waals surface area contributed by atoms with Crippen LogP contribution in [0.15, 0.2) is 67.3 Å². The summed E-state index contributed by atoms with van der Waals surface area (Å²) in [5, 5.41) is 7.94. The standard InChI is InChI=1S/C20H16FN5O/c1-13(18-4-2-3-9-23-18)25-20(27)17-10-22-12-19-16(17)11-24-26(19)15-7-5-14(21)6-8-15/h2-13H,1H3,(H,25,27). The van der Waals surface area contributed by atoms with E-state index in [4.69, 9.17) is 0 Å². The Morgan fingerprint density at radius 1 is 1.11 bits per heavy atom. The number of nitrogens with zero attached hydrogens (tertiary/aromatic N) is 4. The SMILES string of the molecule is CC(NC(=O)c1cncc2c1cnn2-c1ccc(F)cc1)c1ccccn1. The number of pyridine rings is 2.